The first kappa shape index (κ1) is 18.7. The molecule has 0 heterocycles. The first-order chi connectivity index (χ1) is 10.3. The number of halogens is 1. The molecule has 0 unspecified atom stereocenters. The summed E-state index contributed by atoms with van der Waals surface area (Å²) in [7, 11) is -1.97. The molecular formula is C14H21ClN2O4S. The zero-order valence-corrected chi connectivity index (χ0v) is 14.5. The molecule has 0 spiro atoms. The fraction of sp³-hybridized carbons (Fsp3) is 0.500. The maximum absolute atomic E-state index is 12.0. The highest BCUT2D eigenvalue weighted by atomic mass is 35.5. The van der Waals surface area contributed by atoms with Crippen LogP contribution in [0.25, 0.3) is 0 Å². The van der Waals surface area contributed by atoms with E-state index in [1.807, 2.05) is 0 Å². The van der Waals surface area contributed by atoms with Crippen LogP contribution in [0.4, 0.5) is 5.69 Å². The third kappa shape index (κ3) is 5.82. The molecule has 0 fully saturated rings. The van der Waals surface area contributed by atoms with Gasteiger partial charge in [-0.25, -0.2) is 8.42 Å². The van der Waals surface area contributed by atoms with Crippen LogP contribution in [0.15, 0.2) is 18.2 Å². The number of benzene rings is 1. The number of sulfonamides is 1. The summed E-state index contributed by atoms with van der Waals surface area (Å²) in [4.78, 5) is 11.7. The topological polar surface area (TPSA) is 75.7 Å². The molecule has 6 nitrogen and oxygen atoms in total. The van der Waals surface area contributed by atoms with Crippen molar-refractivity contribution in [3.8, 4) is 0 Å². The lowest BCUT2D eigenvalue weighted by Crippen LogP contribution is -2.35. The van der Waals surface area contributed by atoms with Crippen LogP contribution < -0.4 is 9.62 Å². The van der Waals surface area contributed by atoms with Crippen LogP contribution >= 0.6 is 11.6 Å². The van der Waals surface area contributed by atoms with Crippen molar-refractivity contribution >= 4 is 33.2 Å². The number of carbonyl (C=O) groups is 1. The van der Waals surface area contributed by atoms with E-state index in [4.69, 9.17) is 16.3 Å². The number of methoxy groups -OCH3 is 1. The van der Waals surface area contributed by atoms with Crippen LogP contribution in [0.1, 0.15) is 12.0 Å². The molecule has 1 aromatic rings. The van der Waals surface area contributed by atoms with Gasteiger partial charge in [0.1, 0.15) is 0 Å². The van der Waals surface area contributed by atoms with E-state index < -0.39 is 10.0 Å². The Balaban J connectivity index is 2.83. The lowest BCUT2D eigenvalue weighted by Gasteiger charge is -2.24. The Hall–Kier alpha value is -1.31. The number of aryl methyl sites for hydroxylation is 1. The average Bonchev–Trinajstić information content (AvgIpc) is 2.41. The van der Waals surface area contributed by atoms with Gasteiger partial charge in [-0.15, -0.1) is 0 Å². The van der Waals surface area contributed by atoms with Crippen LogP contribution in [-0.2, 0) is 19.6 Å². The van der Waals surface area contributed by atoms with Crippen molar-refractivity contribution in [2.75, 3.05) is 37.4 Å². The highest BCUT2D eigenvalue weighted by Gasteiger charge is 2.20. The van der Waals surface area contributed by atoms with E-state index in [2.05, 4.69) is 5.32 Å². The van der Waals surface area contributed by atoms with E-state index >= 15 is 0 Å². The number of ether oxygens (including phenoxy) is 1. The van der Waals surface area contributed by atoms with Crippen molar-refractivity contribution in [3.05, 3.63) is 28.8 Å². The molecule has 0 saturated carbocycles. The fourth-order valence-electron chi connectivity index (χ4n) is 1.90. The Kier molecular flexibility index (Phi) is 7.12. The summed E-state index contributed by atoms with van der Waals surface area (Å²) in [6.07, 6.45) is 1.17. The average molecular weight is 349 g/mol. The second-order valence-corrected chi connectivity index (χ2v) is 7.20. The molecule has 22 heavy (non-hydrogen) atoms. The van der Waals surface area contributed by atoms with Gasteiger partial charge >= 0.3 is 0 Å². The molecule has 124 valence electrons. The second kappa shape index (κ2) is 8.36. The van der Waals surface area contributed by atoms with E-state index in [0.717, 1.165) is 11.8 Å². The monoisotopic (exact) mass is 348 g/mol. The van der Waals surface area contributed by atoms with Crippen molar-refractivity contribution in [2.45, 2.75) is 13.3 Å². The molecule has 0 aliphatic heterocycles. The molecule has 0 aliphatic carbocycles. The van der Waals surface area contributed by atoms with Gasteiger partial charge in [0.05, 0.1) is 18.6 Å². The Bertz CT molecular complexity index is 619. The number of nitrogens with one attached hydrogen (secondary N) is 1. The standard InChI is InChI=1S/C14H21ClN2O4S/c1-11-4-5-12(15)10-13(11)17(22(3,19)20)8-6-14(18)16-7-9-21-2/h4-5,10H,6-9H2,1-3H3,(H,16,18). The number of anilines is 1. The van der Waals surface area contributed by atoms with Gasteiger partial charge in [-0.2, -0.15) is 0 Å². The van der Waals surface area contributed by atoms with Crippen LogP contribution in [0.2, 0.25) is 5.02 Å². The van der Waals surface area contributed by atoms with E-state index in [1.165, 1.54) is 4.31 Å². The quantitative estimate of drug-likeness (QED) is 0.723. The summed E-state index contributed by atoms with van der Waals surface area (Å²) in [6.45, 7) is 2.65. The van der Waals surface area contributed by atoms with Crippen molar-refractivity contribution in [3.63, 3.8) is 0 Å². The fourth-order valence-corrected chi connectivity index (χ4v) is 3.04. The summed E-state index contributed by atoms with van der Waals surface area (Å²) in [5.41, 5.74) is 1.26. The number of hydrogen-bond donors (Lipinski definition) is 1. The number of carbonyl (C=O) groups excluding carboxylic acids is 1. The summed E-state index contributed by atoms with van der Waals surface area (Å²) in [5, 5.41) is 3.10. The molecule has 0 atom stereocenters. The molecule has 1 aromatic carbocycles. The van der Waals surface area contributed by atoms with Crippen molar-refractivity contribution < 1.29 is 17.9 Å². The second-order valence-electron chi connectivity index (χ2n) is 4.86. The van der Waals surface area contributed by atoms with Gasteiger partial charge in [-0.05, 0) is 24.6 Å². The molecule has 0 bridgehead atoms. The summed E-state index contributed by atoms with van der Waals surface area (Å²) >= 11 is 5.94. The minimum absolute atomic E-state index is 0.0544. The van der Waals surface area contributed by atoms with Gasteiger partial charge < -0.3 is 10.1 Å². The van der Waals surface area contributed by atoms with E-state index in [-0.39, 0.29) is 18.9 Å². The molecule has 8 heteroatoms. The zero-order chi connectivity index (χ0) is 16.8. The third-order valence-electron chi connectivity index (χ3n) is 3.01. The highest BCUT2D eigenvalue weighted by molar-refractivity contribution is 7.92. The SMILES string of the molecule is COCCNC(=O)CCN(c1cc(Cl)ccc1C)S(C)(=O)=O. The van der Waals surface area contributed by atoms with Crippen molar-refractivity contribution in [1.29, 1.82) is 0 Å². The van der Waals surface area contributed by atoms with Gasteiger partial charge in [0.2, 0.25) is 15.9 Å². The van der Waals surface area contributed by atoms with E-state index in [0.29, 0.717) is 23.9 Å². The summed E-state index contributed by atoms with van der Waals surface area (Å²) < 4.78 is 30.0. The first-order valence-corrected chi connectivity index (χ1v) is 8.98. The lowest BCUT2D eigenvalue weighted by atomic mass is 10.2. The van der Waals surface area contributed by atoms with Gasteiger partial charge in [0, 0.05) is 31.6 Å². The number of rotatable bonds is 8. The maximum atomic E-state index is 12.0. The molecule has 1 amide bonds. The summed E-state index contributed by atoms with van der Waals surface area (Å²) in [5.74, 6) is -0.231. The van der Waals surface area contributed by atoms with Crippen LogP contribution in [-0.4, -0.2) is 47.4 Å². The van der Waals surface area contributed by atoms with Crippen LogP contribution in [0.3, 0.4) is 0 Å². The molecule has 1 N–H and O–H groups in total. The highest BCUT2D eigenvalue weighted by Crippen LogP contribution is 2.26. The largest absolute Gasteiger partial charge is 0.383 e. The number of amides is 1. The zero-order valence-electron chi connectivity index (χ0n) is 12.9. The Labute approximate surface area is 136 Å². The molecule has 1 rings (SSSR count). The summed E-state index contributed by atoms with van der Waals surface area (Å²) in [6, 6.07) is 5.02. The molecule has 0 saturated heterocycles. The first-order valence-electron chi connectivity index (χ1n) is 6.75. The third-order valence-corrected chi connectivity index (χ3v) is 4.43. The molecular weight excluding hydrogens is 328 g/mol. The minimum atomic E-state index is -3.51. The van der Waals surface area contributed by atoms with Gasteiger partial charge in [-0.3, -0.25) is 9.10 Å². The van der Waals surface area contributed by atoms with Crippen molar-refractivity contribution in [2.24, 2.45) is 0 Å². The normalized spacial score (nSPS) is 11.3. The molecule has 0 aliphatic rings. The van der Waals surface area contributed by atoms with E-state index in [1.54, 1.807) is 32.2 Å². The number of nitrogens with zero attached hydrogens (tertiary/aromatic N) is 1. The van der Waals surface area contributed by atoms with Crippen LogP contribution in [0, 0.1) is 6.92 Å². The smallest absolute Gasteiger partial charge is 0.232 e. The predicted octanol–water partition coefficient (Wildman–Crippen LogP) is 1.57. The van der Waals surface area contributed by atoms with Gasteiger partial charge in [0.15, 0.2) is 0 Å². The predicted molar refractivity (Wildman–Crippen MR) is 87.9 cm³/mol. The minimum Gasteiger partial charge on any atom is -0.383 e. The van der Waals surface area contributed by atoms with Crippen LogP contribution in [0.5, 0.6) is 0 Å². The van der Waals surface area contributed by atoms with Crippen molar-refractivity contribution in [1.82, 2.24) is 5.32 Å². The molecule has 0 aromatic heterocycles. The molecule has 0 radical (unpaired) electrons. The maximum Gasteiger partial charge on any atom is 0.232 e. The Morgan fingerprint density at radius 2 is 2.09 bits per heavy atom. The Morgan fingerprint density at radius 1 is 1.41 bits per heavy atom. The van der Waals surface area contributed by atoms with Gasteiger partial charge in [-0.1, -0.05) is 17.7 Å². The van der Waals surface area contributed by atoms with Gasteiger partial charge in [0.25, 0.3) is 0 Å². The lowest BCUT2D eigenvalue weighted by molar-refractivity contribution is -0.121. The van der Waals surface area contributed by atoms with E-state index in [9.17, 15) is 13.2 Å². The number of hydrogen-bond acceptors (Lipinski definition) is 4. The Morgan fingerprint density at radius 3 is 2.68 bits per heavy atom.